The van der Waals surface area contributed by atoms with Gasteiger partial charge in [-0.2, -0.15) is 5.26 Å². The van der Waals surface area contributed by atoms with Crippen molar-refractivity contribution in [2.45, 2.75) is 58.4 Å². The van der Waals surface area contributed by atoms with E-state index in [4.69, 9.17) is 9.47 Å². The van der Waals surface area contributed by atoms with Crippen LogP contribution in [0.4, 0.5) is 0 Å². The zero-order valence-corrected chi connectivity index (χ0v) is 12.7. The normalized spacial score (nSPS) is 45.6. The molecular formula is C16H23NO4. The quantitative estimate of drug-likeness (QED) is 0.609. The Bertz CT molecular complexity index is 505. The van der Waals surface area contributed by atoms with Crippen LogP contribution in [0.1, 0.15) is 33.6 Å². The first-order chi connectivity index (χ1) is 9.70. The Balaban J connectivity index is 1.74. The molecule has 21 heavy (non-hydrogen) atoms. The molecule has 3 fully saturated rings. The predicted molar refractivity (Wildman–Crippen MR) is 74.6 cm³/mol. The molecule has 7 unspecified atom stereocenters. The van der Waals surface area contributed by atoms with Crippen molar-refractivity contribution in [1.29, 1.82) is 5.26 Å². The average molecular weight is 293 g/mol. The number of nitrogens with zero attached hydrogens (tertiary/aromatic N) is 1. The maximum atomic E-state index is 10.3. The molecule has 2 saturated carbocycles. The van der Waals surface area contributed by atoms with Crippen LogP contribution in [0, 0.1) is 34.0 Å². The van der Waals surface area contributed by atoms with Crippen molar-refractivity contribution in [3.05, 3.63) is 12.2 Å². The van der Waals surface area contributed by atoms with Crippen molar-refractivity contribution >= 4 is 0 Å². The first kappa shape index (κ1) is 15.0. The molecule has 2 bridgehead atoms. The molecule has 3 rings (SSSR count). The Labute approximate surface area is 125 Å². The highest BCUT2D eigenvalue weighted by molar-refractivity contribution is 5.22. The fraction of sp³-hybridized carbons (Fsp3) is 0.812. The second-order valence-electron chi connectivity index (χ2n) is 7.64. The molecule has 1 saturated heterocycles. The third-order valence-corrected chi connectivity index (χ3v) is 5.49. The zero-order chi connectivity index (χ0) is 15.6. The molecule has 116 valence electrons. The van der Waals surface area contributed by atoms with E-state index in [0.717, 1.165) is 6.42 Å². The minimum atomic E-state index is -1.05. The van der Waals surface area contributed by atoms with Crippen molar-refractivity contribution in [2.75, 3.05) is 0 Å². The molecule has 0 amide bonds. The number of fused-ring (bicyclic) bond motifs is 1. The summed E-state index contributed by atoms with van der Waals surface area (Å²) < 4.78 is 11.4. The van der Waals surface area contributed by atoms with Gasteiger partial charge < -0.3 is 19.7 Å². The SMILES string of the molecule is C=C(C(O)OC1C2CC3C1OC(O)C3(C#N)C2)C(C)(C)C. The molecule has 1 aliphatic heterocycles. The lowest BCUT2D eigenvalue weighted by Gasteiger charge is -2.34. The van der Waals surface area contributed by atoms with E-state index in [1.54, 1.807) is 0 Å². The highest BCUT2D eigenvalue weighted by Gasteiger charge is 2.70. The van der Waals surface area contributed by atoms with Gasteiger partial charge in [-0.05, 0) is 29.7 Å². The summed E-state index contributed by atoms with van der Waals surface area (Å²) in [6, 6.07) is 2.26. The Hall–Kier alpha value is -0.930. The number of aliphatic hydroxyl groups excluding tert-OH is 2. The molecule has 2 aliphatic carbocycles. The molecule has 5 heteroatoms. The molecule has 5 nitrogen and oxygen atoms in total. The van der Waals surface area contributed by atoms with Gasteiger partial charge in [-0.25, -0.2) is 0 Å². The fourth-order valence-electron chi connectivity index (χ4n) is 4.08. The number of aliphatic hydroxyl groups is 2. The molecular weight excluding hydrogens is 270 g/mol. The van der Waals surface area contributed by atoms with E-state index in [-0.39, 0.29) is 29.5 Å². The van der Waals surface area contributed by atoms with Crippen molar-refractivity contribution in [3.8, 4) is 6.07 Å². The van der Waals surface area contributed by atoms with E-state index in [1.807, 2.05) is 20.8 Å². The summed E-state index contributed by atoms with van der Waals surface area (Å²) in [6.45, 7) is 9.83. The summed E-state index contributed by atoms with van der Waals surface area (Å²) in [7, 11) is 0. The van der Waals surface area contributed by atoms with Crippen LogP contribution in [0.2, 0.25) is 0 Å². The van der Waals surface area contributed by atoms with Crippen LogP contribution >= 0.6 is 0 Å². The summed E-state index contributed by atoms with van der Waals surface area (Å²) in [6.07, 6.45) is -1.28. The summed E-state index contributed by atoms with van der Waals surface area (Å²) in [4.78, 5) is 0. The second-order valence-corrected chi connectivity index (χ2v) is 7.64. The smallest absolute Gasteiger partial charge is 0.177 e. The van der Waals surface area contributed by atoms with E-state index >= 15 is 0 Å². The second kappa shape index (κ2) is 4.53. The molecule has 0 aromatic heterocycles. The minimum Gasteiger partial charge on any atom is -0.367 e. The highest BCUT2D eigenvalue weighted by atomic mass is 16.7. The Morgan fingerprint density at radius 2 is 2.19 bits per heavy atom. The monoisotopic (exact) mass is 293 g/mol. The van der Waals surface area contributed by atoms with Crippen LogP contribution in [0.5, 0.6) is 0 Å². The largest absolute Gasteiger partial charge is 0.367 e. The molecule has 2 N–H and O–H groups in total. The maximum absolute atomic E-state index is 10.3. The lowest BCUT2D eigenvalue weighted by molar-refractivity contribution is -0.180. The van der Waals surface area contributed by atoms with E-state index in [0.29, 0.717) is 12.0 Å². The van der Waals surface area contributed by atoms with Gasteiger partial charge in [-0.1, -0.05) is 27.4 Å². The van der Waals surface area contributed by atoms with Gasteiger partial charge in [0.15, 0.2) is 12.6 Å². The number of hydrogen-bond acceptors (Lipinski definition) is 5. The van der Waals surface area contributed by atoms with Gasteiger partial charge in [0.05, 0.1) is 18.3 Å². The van der Waals surface area contributed by atoms with Crippen LogP contribution in [0.15, 0.2) is 12.2 Å². The van der Waals surface area contributed by atoms with Crippen molar-refractivity contribution in [1.82, 2.24) is 0 Å². The van der Waals surface area contributed by atoms with Gasteiger partial charge in [0.2, 0.25) is 0 Å². The van der Waals surface area contributed by atoms with Crippen molar-refractivity contribution in [3.63, 3.8) is 0 Å². The molecule has 0 radical (unpaired) electrons. The van der Waals surface area contributed by atoms with Gasteiger partial charge in [0.1, 0.15) is 5.41 Å². The van der Waals surface area contributed by atoms with Gasteiger partial charge in [0.25, 0.3) is 0 Å². The third kappa shape index (κ3) is 1.97. The van der Waals surface area contributed by atoms with Gasteiger partial charge in [0, 0.05) is 5.92 Å². The van der Waals surface area contributed by atoms with Gasteiger partial charge in [-0.15, -0.1) is 0 Å². The number of hydrogen-bond donors (Lipinski definition) is 2. The molecule has 0 aromatic carbocycles. The minimum absolute atomic E-state index is 0.00241. The lowest BCUT2D eigenvalue weighted by Crippen LogP contribution is -2.42. The number of ether oxygens (including phenoxy) is 2. The Morgan fingerprint density at radius 3 is 2.76 bits per heavy atom. The van der Waals surface area contributed by atoms with Gasteiger partial charge in [-0.3, -0.25) is 0 Å². The molecule has 1 heterocycles. The van der Waals surface area contributed by atoms with Gasteiger partial charge >= 0.3 is 0 Å². The molecule has 7 atom stereocenters. The standard InChI is InChI=1S/C16H23NO4/c1-8(15(2,3)4)13(18)20-11-9-5-10-12(11)21-14(19)16(10,6-9)7-17/h9-14,18-19H,1,5-6H2,2-4H3. The topological polar surface area (TPSA) is 82.7 Å². The fourth-order valence-corrected chi connectivity index (χ4v) is 4.08. The summed E-state index contributed by atoms with van der Waals surface area (Å²) >= 11 is 0. The number of nitriles is 1. The zero-order valence-electron chi connectivity index (χ0n) is 12.7. The van der Waals surface area contributed by atoms with Crippen molar-refractivity contribution in [2.24, 2.45) is 22.7 Å². The Kier molecular flexibility index (Phi) is 3.23. The highest BCUT2D eigenvalue weighted by Crippen LogP contribution is 2.63. The van der Waals surface area contributed by atoms with Crippen LogP contribution < -0.4 is 0 Å². The van der Waals surface area contributed by atoms with Crippen LogP contribution in [0.3, 0.4) is 0 Å². The van der Waals surface area contributed by atoms with Crippen LogP contribution in [0.25, 0.3) is 0 Å². The average Bonchev–Trinajstić information content (AvgIpc) is 2.98. The molecule has 0 spiro atoms. The van der Waals surface area contributed by atoms with E-state index in [9.17, 15) is 15.5 Å². The Morgan fingerprint density at radius 1 is 1.52 bits per heavy atom. The predicted octanol–water partition coefficient (Wildman–Crippen LogP) is 1.56. The molecule has 3 aliphatic rings. The lowest BCUT2D eigenvalue weighted by atomic mass is 9.74. The maximum Gasteiger partial charge on any atom is 0.177 e. The first-order valence-electron chi connectivity index (χ1n) is 7.48. The van der Waals surface area contributed by atoms with Crippen molar-refractivity contribution < 1.29 is 19.7 Å². The first-order valence-corrected chi connectivity index (χ1v) is 7.48. The summed E-state index contributed by atoms with van der Waals surface area (Å²) in [5, 5.41) is 29.7. The van der Waals surface area contributed by atoms with E-state index in [2.05, 4.69) is 12.6 Å². The van der Waals surface area contributed by atoms with E-state index < -0.39 is 18.0 Å². The third-order valence-electron chi connectivity index (χ3n) is 5.49. The van der Waals surface area contributed by atoms with E-state index in [1.165, 1.54) is 0 Å². The molecule has 0 aromatic rings. The van der Waals surface area contributed by atoms with Crippen LogP contribution in [-0.2, 0) is 9.47 Å². The van der Waals surface area contributed by atoms with Crippen LogP contribution in [-0.4, -0.2) is 35.0 Å². The summed E-state index contributed by atoms with van der Waals surface area (Å²) in [5.74, 6) is 0.154. The summed E-state index contributed by atoms with van der Waals surface area (Å²) in [5.41, 5.74) is -0.402. The number of rotatable bonds is 3.